The van der Waals surface area contributed by atoms with Gasteiger partial charge in [-0.25, -0.2) is 0 Å². The smallest absolute Gasteiger partial charge is 0.267 e. The summed E-state index contributed by atoms with van der Waals surface area (Å²) >= 11 is 1.37. The fourth-order valence-corrected chi connectivity index (χ4v) is 4.53. The number of thiophene rings is 1. The molecule has 0 bridgehead atoms. The highest BCUT2D eigenvalue weighted by atomic mass is 32.1. The summed E-state index contributed by atoms with van der Waals surface area (Å²) in [4.78, 5) is 15.2. The van der Waals surface area contributed by atoms with Crippen LogP contribution in [0.15, 0.2) is 5.38 Å². The molecule has 6 nitrogen and oxygen atoms in total. The van der Waals surface area contributed by atoms with Crippen molar-refractivity contribution >= 4 is 17.2 Å². The van der Waals surface area contributed by atoms with Crippen molar-refractivity contribution in [3.8, 4) is 11.5 Å². The minimum absolute atomic E-state index is 0.0121. The number of aliphatic hydroxyl groups excluding tert-OH is 1. The molecule has 0 saturated carbocycles. The van der Waals surface area contributed by atoms with Crippen LogP contribution in [0.5, 0.6) is 11.5 Å². The molecule has 1 N–H and O–H groups in total. The van der Waals surface area contributed by atoms with Crippen LogP contribution >= 0.6 is 11.3 Å². The zero-order valence-electron chi connectivity index (χ0n) is 13.0. The molecule has 0 radical (unpaired) electrons. The fourth-order valence-electron chi connectivity index (χ4n) is 3.63. The summed E-state index contributed by atoms with van der Waals surface area (Å²) in [5.41, 5.74) is -0.455. The number of carbonyl (C=O) groups excluding carboxylic acids is 1. The first-order chi connectivity index (χ1) is 11.2. The number of aliphatic hydroxyl groups is 1. The maximum Gasteiger partial charge on any atom is 0.267 e. The van der Waals surface area contributed by atoms with Gasteiger partial charge in [-0.15, -0.1) is 11.3 Å². The van der Waals surface area contributed by atoms with E-state index in [2.05, 4.69) is 0 Å². The highest BCUT2D eigenvalue weighted by Crippen LogP contribution is 2.41. The van der Waals surface area contributed by atoms with Gasteiger partial charge in [0.2, 0.25) is 0 Å². The standard InChI is InChI=1S/C16H21NO5S/c18-12-2-1-7-22-16(12)3-5-17(6-4-16)15(19)14-13-11(10-23-14)20-8-9-21-13/h10,12,18H,1-9H2/t12-/m0/s1. The fraction of sp³-hybridized carbons (Fsp3) is 0.688. The summed E-state index contributed by atoms with van der Waals surface area (Å²) in [6, 6.07) is 0. The predicted octanol–water partition coefficient (Wildman–Crippen LogP) is 1.67. The molecule has 1 aromatic heterocycles. The lowest BCUT2D eigenvalue weighted by Gasteiger charge is -2.46. The molecule has 3 aliphatic rings. The number of ether oxygens (including phenoxy) is 3. The van der Waals surface area contributed by atoms with Crippen LogP contribution in [0.2, 0.25) is 0 Å². The van der Waals surface area contributed by atoms with Crippen molar-refractivity contribution in [3.63, 3.8) is 0 Å². The van der Waals surface area contributed by atoms with E-state index in [0.29, 0.717) is 62.1 Å². The minimum atomic E-state index is -0.455. The van der Waals surface area contributed by atoms with E-state index in [1.54, 1.807) is 0 Å². The zero-order valence-corrected chi connectivity index (χ0v) is 13.8. The Bertz CT molecular complexity index is 593. The number of hydrogen-bond acceptors (Lipinski definition) is 6. The molecule has 2 fully saturated rings. The molecule has 3 aliphatic heterocycles. The first kappa shape index (κ1) is 15.2. The third kappa shape index (κ3) is 2.60. The van der Waals surface area contributed by atoms with Gasteiger partial charge in [0, 0.05) is 25.1 Å². The summed E-state index contributed by atoms with van der Waals surface area (Å²) in [6.45, 7) is 2.91. The van der Waals surface area contributed by atoms with E-state index in [1.807, 2.05) is 10.3 Å². The average Bonchev–Trinajstić information content (AvgIpc) is 3.02. The van der Waals surface area contributed by atoms with E-state index in [0.717, 1.165) is 12.8 Å². The second kappa shape index (κ2) is 5.96. The number of likely N-dealkylation sites (tertiary alicyclic amines) is 1. The Labute approximate surface area is 138 Å². The molecule has 0 aliphatic carbocycles. The lowest BCUT2D eigenvalue weighted by molar-refractivity contribution is -0.174. The summed E-state index contributed by atoms with van der Waals surface area (Å²) < 4.78 is 17.0. The van der Waals surface area contributed by atoms with E-state index in [4.69, 9.17) is 14.2 Å². The molecule has 0 unspecified atom stereocenters. The van der Waals surface area contributed by atoms with Crippen molar-refractivity contribution in [3.05, 3.63) is 10.3 Å². The molecular formula is C16H21NO5S. The van der Waals surface area contributed by atoms with Gasteiger partial charge in [-0.3, -0.25) is 4.79 Å². The SMILES string of the molecule is O=C(c1scc2c1OCCO2)N1CCC2(CC1)OCCC[C@@H]2O. The number of nitrogens with zero attached hydrogens (tertiary/aromatic N) is 1. The van der Waals surface area contributed by atoms with Crippen LogP contribution in [-0.4, -0.2) is 60.5 Å². The Balaban J connectivity index is 1.46. The number of fused-ring (bicyclic) bond motifs is 1. The van der Waals surface area contributed by atoms with Gasteiger partial charge in [-0.05, 0) is 25.7 Å². The van der Waals surface area contributed by atoms with Gasteiger partial charge in [0.05, 0.1) is 11.7 Å². The molecular weight excluding hydrogens is 318 g/mol. The molecule has 23 heavy (non-hydrogen) atoms. The Kier molecular flexibility index (Phi) is 3.95. The largest absolute Gasteiger partial charge is 0.485 e. The molecule has 1 aromatic rings. The van der Waals surface area contributed by atoms with E-state index < -0.39 is 11.7 Å². The maximum atomic E-state index is 12.8. The van der Waals surface area contributed by atoms with Crippen molar-refractivity contribution in [2.45, 2.75) is 37.4 Å². The molecule has 4 rings (SSSR count). The highest BCUT2D eigenvalue weighted by Gasteiger charge is 2.44. The Morgan fingerprint density at radius 1 is 1.26 bits per heavy atom. The summed E-state index contributed by atoms with van der Waals surface area (Å²) in [5, 5.41) is 12.1. The minimum Gasteiger partial charge on any atom is -0.485 e. The van der Waals surface area contributed by atoms with E-state index in [9.17, 15) is 9.90 Å². The van der Waals surface area contributed by atoms with Crippen LogP contribution in [0.3, 0.4) is 0 Å². The van der Waals surface area contributed by atoms with Crippen molar-refractivity contribution in [1.82, 2.24) is 4.90 Å². The Morgan fingerprint density at radius 3 is 2.83 bits per heavy atom. The number of rotatable bonds is 1. The van der Waals surface area contributed by atoms with Crippen LogP contribution < -0.4 is 9.47 Å². The number of carbonyl (C=O) groups is 1. The highest BCUT2D eigenvalue weighted by molar-refractivity contribution is 7.12. The predicted molar refractivity (Wildman–Crippen MR) is 84.4 cm³/mol. The zero-order chi connectivity index (χ0) is 15.9. The van der Waals surface area contributed by atoms with Crippen molar-refractivity contribution in [2.75, 3.05) is 32.9 Å². The molecule has 1 amide bonds. The number of hydrogen-bond donors (Lipinski definition) is 1. The molecule has 1 spiro atoms. The normalized spacial score (nSPS) is 26.3. The van der Waals surface area contributed by atoms with Crippen LogP contribution in [-0.2, 0) is 4.74 Å². The number of piperidine rings is 1. The lowest BCUT2D eigenvalue weighted by Crippen LogP contribution is -2.56. The lowest BCUT2D eigenvalue weighted by atomic mass is 9.82. The van der Waals surface area contributed by atoms with Crippen molar-refractivity contribution < 1.29 is 24.1 Å². The van der Waals surface area contributed by atoms with Crippen molar-refractivity contribution in [1.29, 1.82) is 0 Å². The van der Waals surface area contributed by atoms with Gasteiger partial charge in [-0.2, -0.15) is 0 Å². The van der Waals surface area contributed by atoms with E-state index in [-0.39, 0.29) is 5.91 Å². The van der Waals surface area contributed by atoms with Gasteiger partial charge in [0.15, 0.2) is 11.5 Å². The molecule has 1 atom stereocenters. The third-order valence-corrected chi connectivity index (χ3v) is 5.94. The van der Waals surface area contributed by atoms with E-state index in [1.165, 1.54) is 11.3 Å². The van der Waals surface area contributed by atoms with E-state index >= 15 is 0 Å². The first-order valence-corrected chi connectivity index (χ1v) is 9.06. The van der Waals surface area contributed by atoms with Gasteiger partial charge < -0.3 is 24.2 Å². The molecule has 7 heteroatoms. The maximum absolute atomic E-state index is 12.8. The molecule has 0 aromatic carbocycles. The van der Waals surface area contributed by atoms with Gasteiger partial charge in [-0.1, -0.05) is 0 Å². The average molecular weight is 339 g/mol. The molecule has 126 valence electrons. The molecule has 2 saturated heterocycles. The second-order valence-corrected chi connectivity index (χ2v) is 7.20. The number of amides is 1. The third-order valence-electron chi connectivity index (χ3n) is 5.01. The van der Waals surface area contributed by atoms with Crippen LogP contribution in [0.1, 0.15) is 35.4 Å². The van der Waals surface area contributed by atoms with Crippen LogP contribution in [0.25, 0.3) is 0 Å². The Morgan fingerprint density at radius 2 is 2.04 bits per heavy atom. The summed E-state index contributed by atoms with van der Waals surface area (Å²) in [7, 11) is 0. The van der Waals surface area contributed by atoms with Crippen LogP contribution in [0.4, 0.5) is 0 Å². The van der Waals surface area contributed by atoms with Gasteiger partial charge in [0.25, 0.3) is 5.91 Å². The topological polar surface area (TPSA) is 68.2 Å². The Hall–Kier alpha value is -1.31. The summed E-state index contributed by atoms with van der Waals surface area (Å²) in [5.74, 6) is 1.24. The second-order valence-electron chi connectivity index (χ2n) is 6.32. The quantitative estimate of drug-likeness (QED) is 0.843. The van der Waals surface area contributed by atoms with Crippen LogP contribution in [0, 0.1) is 0 Å². The van der Waals surface area contributed by atoms with Crippen molar-refractivity contribution in [2.24, 2.45) is 0 Å². The summed E-state index contributed by atoms with van der Waals surface area (Å²) in [6.07, 6.45) is 2.65. The monoisotopic (exact) mass is 339 g/mol. The van der Waals surface area contributed by atoms with Gasteiger partial charge in [0.1, 0.15) is 18.1 Å². The van der Waals surface area contributed by atoms with Gasteiger partial charge >= 0.3 is 0 Å². The molecule has 4 heterocycles. The first-order valence-electron chi connectivity index (χ1n) is 8.18.